The molecule has 0 saturated carbocycles. The molecule has 32 heavy (non-hydrogen) atoms. The molecule has 1 aliphatic rings. The molecule has 0 aromatic heterocycles. The fraction of sp³-hybridized carbons (Fsp3) is 0.458. The lowest BCUT2D eigenvalue weighted by Gasteiger charge is -2.38. The van der Waals surface area contributed by atoms with Crippen molar-refractivity contribution in [3.05, 3.63) is 58.1 Å². The zero-order valence-electron chi connectivity index (χ0n) is 19.2. The fourth-order valence-corrected chi connectivity index (χ4v) is 5.25. The van der Waals surface area contributed by atoms with Gasteiger partial charge < -0.3 is 10.1 Å². The number of fused-ring (bicyclic) bond motifs is 1. The molecule has 1 heterocycles. The maximum Gasteiger partial charge on any atom is 0.232 e. The van der Waals surface area contributed by atoms with E-state index in [0.29, 0.717) is 29.1 Å². The third kappa shape index (κ3) is 5.75. The summed E-state index contributed by atoms with van der Waals surface area (Å²) in [4.78, 5) is 12.7. The molecule has 2 aromatic rings. The lowest BCUT2D eigenvalue weighted by Crippen LogP contribution is -2.41. The number of halogens is 1. The van der Waals surface area contributed by atoms with Crippen LogP contribution in [0.1, 0.15) is 55.8 Å². The second-order valence-electron chi connectivity index (χ2n) is 9.05. The number of anilines is 1. The summed E-state index contributed by atoms with van der Waals surface area (Å²) in [5, 5.41) is 3.62. The minimum absolute atomic E-state index is 0.115. The van der Waals surface area contributed by atoms with Gasteiger partial charge in [0, 0.05) is 30.0 Å². The van der Waals surface area contributed by atoms with Gasteiger partial charge in [-0.1, -0.05) is 29.8 Å². The number of benzene rings is 2. The van der Waals surface area contributed by atoms with Crippen LogP contribution >= 0.6 is 11.6 Å². The molecule has 1 aliphatic heterocycles. The van der Waals surface area contributed by atoms with E-state index in [4.69, 9.17) is 16.3 Å². The minimum Gasteiger partial charge on any atom is -0.487 e. The molecule has 0 fully saturated rings. The van der Waals surface area contributed by atoms with Crippen molar-refractivity contribution >= 4 is 33.2 Å². The molecule has 1 amide bonds. The van der Waals surface area contributed by atoms with E-state index in [2.05, 4.69) is 5.32 Å². The summed E-state index contributed by atoms with van der Waals surface area (Å²) in [7, 11) is -3.52. The molecule has 1 N–H and O–H groups in total. The van der Waals surface area contributed by atoms with Gasteiger partial charge >= 0.3 is 0 Å². The van der Waals surface area contributed by atoms with E-state index >= 15 is 0 Å². The van der Waals surface area contributed by atoms with Crippen molar-refractivity contribution in [3.63, 3.8) is 0 Å². The van der Waals surface area contributed by atoms with Crippen LogP contribution in [0.5, 0.6) is 5.75 Å². The number of nitrogens with one attached hydrogen (secondary N) is 1. The zero-order chi connectivity index (χ0) is 23.7. The van der Waals surface area contributed by atoms with Crippen molar-refractivity contribution < 1.29 is 17.9 Å². The normalized spacial score (nSPS) is 17.2. The molecule has 0 bridgehead atoms. The molecule has 0 radical (unpaired) electrons. The Labute approximate surface area is 196 Å². The predicted molar refractivity (Wildman–Crippen MR) is 129 cm³/mol. The lowest BCUT2D eigenvalue weighted by molar-refractivity contribution is -0.122. The summed E-state index contributed by atoms with van der Waals surface area (Å²) in [6.45, 7) is 8.01. The summed E-state index contributed by atoms with van der Waals surface area (Å²) in [5.41, 5.74) is 2.91. The zero-order valence-corrected chi connectivity index (χ0v) is 20.8. The van der Waals surface area contributed by atoms with Crippen molar-refractivity contribution in [2.24, 2.45) is 0 Å². The van der Waals surface area contributed by atoms with Crippen LogP contribution in [0.2, 0.25) is 5.02 Å². The molecular weight excluding hydrogens is 448 g/mol. The van der Waals surface area contributed by atoms with Crippen molar-refractivity contribution in [2.75, 3.05) is 17.1 Å². The van der Waals surface area contributed by atoms with E-state index in [0.717, 1.165) is 23.1 Å². The molecular formula is C24H31ClN2O4S. The van der Waals surface area contributed by atoms with Gasteiger partial charge in [-0.25, -0.2) is 8.42 Å². The maximum absolute atomic E-state index is 12.7. The van der Waals surface area contributed by atoms with Crippen LogP contribution in [0.15, 0.2) is 36.4 Å². The number of carbonyl (C=O) groups is 1. The quantitative estimate of drug-likeness (QED) is 0.612. The topological polar surface area (TPSA) is 75.7 Å². The van der Waals surface area contributed by atoms with Crippen molar-refractivity contribution in [3.8, 4) is 5.75 Å². The number of hydrogen-bond donors (Lipinski definition) is 1. The number of hydrogen-bond acceptors (Lipinski definition) is 4. The molecule has 2 aromatic carbocycles. The Morgan fingerprint density at radius 2 is 1.97 bits per heavy atom. The van der Waals surface area contributed by atoms with Crippen molar-refractivity contribution in [2.45, 2.75) is 58.6 Å². The molecule has 3 rings (SSSR count). The number of amides is 1. The highest BCUT2D eigenvalue weighted by atomic mass is 35.5. The van der Waals surface area contributed by atoms with Crippen LogP contribution in [0.25, 0.3) is 0 Å². The first-order chi connectivity index (χ1) is 14.9. The Hall–Kier alpha value is -2.25. The predicted octanol–water partition coefficient (Wildman–Crippen LogP) is 4.92. The monoisotopic (exact) mass is 478 g/mol. The molecule has 0 aliphatic carbocycles. The van der Waals surface area contributed by atoms with E-state index in [-0.39, 0.29) is 24.9 Å². The highest BCUT2D eigenvalue weighted by molar-refractivity contribution is 7.92. The SMILES string of the molecule is Cc1ccc2c(c1)OC(C)(C)C[C@H]2NC(=O)CCCN(c1cccc(Cl)c1C)S(C)(=O)=O. The fourth-order valence-electron chi connectivity index (χ4n) is 4.07. The van der Waals surface area contributed by atoms with Crippen molar-refractivity contribution in [1.29, 1.82) is 0 Å². The van der Waals surface area contributed by atoms with Gasteiger partial charge in [0.1, 0.15) is 11.4 Å². The van der Waals surface area contributed by atoms with Gasteiger partial charge in [0.2, 0.25) is 15.9 Å². The first kappa shape index (κ1) is 24.4. The molecule has 8 heteroatoms. The molecule has 0 saturated heterocycles. The van der Waals surface area contributed by atoms with Gasteiger partial charge in [0.15, 0.2) is 0 Å². The average Bonchev–Trinajstić information content (AvgIpc) is 2.65. The summed E-state index contributed by atoms with van der Waals surface area (Å²) < 4.78 is 32.2. The van der Waals surface area contributed by atoms with Gasteiger partial charge in [0.05, 0.1) is 18.0 Å². The summed E-state index contributed by atoms with van der Waals surface area (Å²) in [5.74, 6) is 0.682. The molecule has 1 atom stereocenters. The van der Waals surface area contributed by atoms with Gasteiger partial charge in [-0.2, -0.15) is 0 Å². The average molecular weight is 479 g/mol. The maximum atomic E-state index is 12.7. The molecule has 174 valence electrons. The summed E-state index contributed by atoms with van der Waals surface area (Å²) in [6.07, 6.45) is 2.42. The van der Waals surface area contributed by atoms with E-state index in [9.17, 15) is 13.2 Å². The third-order valence-electron chi connectivity index (χ3n) is 5.63. The van der Waals surface area contributed by atoms with Crippen molar-refractivity contribution in [1.82, 2.24) is 5.32 Å². The highest BCUT2D eigenvalue weighted by Gasteiger charge is 2.34. The number of sulfonamides is 1. The largest absolute Gasteiger partial charge is 0.487 e. The number of nitrogens with zero attached hydrogens (tertiary/aromatic N) is 1. The molecule has 0 unspecified atom stereocenters. The smallest absolute Gasteiger partial charge is 0.232 e. The third-order valence-corrected chi connectivity index (χ3v) is 7.22. The van der Waals surface area contributed by atoms with Crippen LogP contribution in [0.3, 0.4) is 0 Å². The summed E-state index contributed by atoms with van der Waals surface area (Å²) >= 11 is 6.18. The van der Waals surface area contributed by atoms with Gasteiger partial charge in [-0.3, -0.25) is 9.10 Å². The van der Waals surface area contributed by atoms with E-state index in [1.165, 1.54) is 4.31 Å². The Morgan fingerprint density at radius 3 is 2.66 bits per heavy atom. The number of ether oxygens (including phenoxy) is 1. The van der Waals surface area contributed by atoms with E-state index in [1.54, 1.807) is 25.1 Å². The second-order valence-corrected chi connectivity index (χ2v) is 11.4. The second kappa shape index (κ2) is 9.32. The Balaban J connectivity index is 1.67. The molecule has 6 nitrogen and oxygen atoms in total. The summed E-state index contributed by atoms with van der Waals surface area (Å²) in [6, 6.07) is 11.0. The minimum atomic E-state index is -3.52. The first-order valence-electron chi connectivity index (χ1n) is 10.7. The molecule has 0 spiro atoms. The Bertz CT molecular complexity index is 1110. The van der Waals surface area contributed by atoms with Gasteiger partial charge in [-0.15, -0.1) is 0 Å². The van der Waals surface area contributed by atoms with Crippen LogP contribution in [0, 0.1) is 13.8 Å². The first-order valence-corrected chi connectivity index (χ1v) is 12.9. The number of rotatable bonds is 7. The van der Waals surface area contributed by atoms with Crippen LogP contribution in [-0.2, 0) is 14.8 Å². The van der Waals surface area contributed by atoms with Gasteiger partial charge in [-0.05, 0) is 63.4 Å². The lowest BCUT2D eigenvalue weighted by atomic mass is 9.89. The van der Waals surface area contributed by atoms with Crippen LogP contribution < -0.4 is 14.4 Å². The van der Waals surface area contributed by atoms with Crippen LogP contribution in [-0.4, -0.2) is 32.7 Å². The van der Waals surface area contributed by atoms with E-state index in [1.807, 2.05) is 39.0 Å². The number of carbonyl (C=O) groups excluding carboxylic acids is 1. The number of aryl methyl sites for hydroxylation is 1. The Morgan fingerprint density at radius 1 is 1.25 bits per heavy atom. The van der Waals surface area contributed by atoms with E-state index < -0.39 is 15.6 Å². The highest BCUT2D eigenvalue weighted by Crippen LogP contribution is 2.40. The standard InChI is InChI=1S/C24H31ClN2O4S/c1-16-11-12-18-20(15-24(3,4)31-22(18)14-16)26-23(28)10-7-13-27(32(5,29)30)21-9-6-8-19(25)17(21)2/h6,8-9,11-12,14,20H,7,10,13,15H2,1-5H3,(H,26,28)/t20-/m1/s1. The van der Waals surface area contributed by atoms with Gasteiger partial charge in [0.25, 0.3) is 0 Å². The van der Waals surface area contributed by atoms with Crippen LogP contribution in [0.4, 0.5) is 5.69 Å². The Kier molecular flexibility index (Phi) is 7.10.